The van der Waals surface area contributed by atoms with Crippen LogP contribution in [0.2, 0.25) is 0 Å². The molecule has 0 saturated carbocycles. The molecule has 0 bridgehead atoms. The first-order valence-electron chi connectivity index (χ1n) is 14.4. The molecule has 0 saturated heterocycles. The Morgan fingerprint density at radius 1 is 0.432 bits per heavy atom. The van der Waals surface area contributed by atoms with Crippen molar-refractivity contribution in [3.63, 3.8) is 0 Å². The highest BCUT2D eigenvalue weighted by Crippen LogP contribution is 2.24. The monoisotopic (exact) mass is 592 g/mol. The minimum atomic E-state index is -0.634. The van der Waals surface area contributed by atoms with Crippen LogP contribution in [0.3, 0.4) is 0 Å². The van der Waals surface area contributed by atoms with E-state index in [2.05, 4.69) is 41.5 Å². The Labute approximate surface area is 260 Å². The average Bonchev–Trinajstić information content (AvgIpc) is 2.97. The fourth-order valence-electron chi connectivity index (χ4n) is 4.21. The largest absolute Gasteiger partial charge is 0.386 e. The average molecular weight is 593 g/mol. The Morgan fingerprint density at radius 3 is 1.02 bits per heavy atom. The third-order valence-corrected chi connectivity index (χ3v) is 7.07. The summed E-state index contributed by atoms with van der Waals surface area (Å²) < 4.78 is 9.90. The molecule has 0 aliphatic heterocycles. The van der Waals surface area contributed by atoms with Crippen molar-refractivity contribution in [1.82, 2.24) is 0 Å². The van der Waals surface area contributed by atoms with Crippen molar-refractivity contribution in [2.45, 2.75) is 66.2 Å². The predicted molar refractivity (Wildman–Crippen MR) is 172 cm³/mol. The summed E-state index contributed by atoms with van der Waals surface area (Å²) in [5, 5.41) is 0. The maximum Gasteiger partial charge on any atom is 0.346 e. The highest BCUT2D eigenvalue weighted by molar-refractivity contribution is 6.04. The van der Waals surface area contributed by atoms with E-state index in [9.17, 15) is 19.2 Å². The fourth-order valence-corrected chi connectivity index (χ4v) is 4.21. The van der Waals surface area contributed by atoms with E-state index in [0.29, 0.717) is 22.3 Å². The van der Waals surface area contributed by atoms with Crippen molar-refractivity contribution < 1.29 is 28.7 Å². The summed E-state index contributed by atoms with van der Waals surface area (Å²) in [7, 11) is 0. The summed E-state index contributed by atoms with van der Waals surface area (Å²) >= 11 is 0. The summed E-state index contributed by atoms with van der Waals surface area (Å²) in [6.07, 6.45) is 0. The fraction of sp³-hybridized carbons (Fsp3) is 0.263. The minimum Gasteiger partial charge on any atom is -0.386 e. The molecular formula is C38H40O6. The predicted octanol–water partition coefficient (Wildman–Crippen LogP) is 8.58. The standard InChI is InChI=1S/C22H26O3.C16H14O3/c1-21(2,3)17-11-7-15(8-12-17)19(23)25-20(24)16-9-13-18(14-10-16)22(4,5)6;1-11-7-3-5-9-13(11)15(17)19-16(18)14-10-6-4-8-12(14)2/h7-14H,1-6H3;3-10H,1-2H3. The van der Waals surface area contributed by atoms with Crippen LogP contribution >= 0.6 is 0 Å². The third-order valence-electron chi connectivity index (χ3n) is 7.07. The van der Waals surface area contributed by atoms with Crippen LogP contribution in [0.5, 0.6) is 0 Å². The molecule has 0 fully saturated rings. The van der Waals surface area contributed by atoms with Gasteiger partial charge in [-0.15, -0.1) is 0 Å². The van der Waals surface area contributed by atoms with Gasteiger partial charge < -0.3 is 9.47 Å². The second-order valence-electron chi connectivity index (χ2n) is 12.6. The highest BCUT2D eigenvalue weighted by atomic mass is 16.6. The second-order valence-corrected chi connectivity index (χ2v) is 12.6. The van der Waals surface area contributed by atoms with Gasteiger partial charge >= 0.3 is 23.9 Å². The number of esters is 4. The topological polar surface area (TPSA) is 86.7 Å². The highest BCUT2D eigenvalue weighted by Gasteiger charge is 2.20. The SMILES string of the molecule is CC(C)(C)c1ccc(C(=O)OC(=O)c2ccc(C(C)(C)C)cc2)cc1.Cc1ccccc1C(=O)OC(=O)c1ccccc1C. The van der Waals surface area contributed by atoms with E-state index >= 15 is 0 Å². The van der Waals surface area contributed by atoms with Gasteiger partial charge in [0, 0.05) is 0 Å². The number of aryl methyl sites for hydroxylation is 2. The summed E-state index contributed by atoms with van der Waals surface area (Å²) in [5.41, 5.74) is 5.37. The number of carbonyl (C=O) groups excluding carboxylic acids is 4. The maximum atomic E-state index is 12.2. The molecule has 6 nitrogen and oxygen atoms in total. The first-order valence-corrected chi connectivity index (χ1v) is 14.4. The zero-order valence-electron chi connectivity index (χ0n) is 26.7. The lowest BCUT2D eigenvalue weighted by molar-refractivity contribution is 0.0379. The molecule has 0 unspecified atom stereocenters. The molecule has 4 aromatic carbocycles. The van der Waals surface area contributed by atoms with Crippen LogP contribution in [-0.2, 0) is 20.3 Å². The molecule has 4 rings (SSSR count). The first-order chi connectivity index (χ1) is 20.6. The van der Waals surface area contributed by atoms with Gasteiger partial charge in [0.25, 0.3) is 0 Å². The van der Waals surface area contributed by atoms with E-state index in [1.165, 1.54) is 0 Å². The molecule has 0 spiro atoms. The van der Waals surface area contributed by atoms with Gasteiger partial charge in [-0.1, -0.05) is 102 Å². The number of ether oxygens (including phenoxy) is 2. The van der Waals surface area contributed by atoms with Gasteiger partial charge in [-0.3, -0.25) is 0 Å². The van der Waals surface area contributed by atoms with Crippen LogP contribution in [0.15, 0.2) is 97.1 Å². The molecular weight excluding hydrogens is 552 g/mol. The minimum absolute atomic E-state index is 0.00700. The zero-order chi connectivity index (χ0) is 32.7. The van der Waals surface area contributed by atoms with Crippen molar-refractivity contribution in [1.29, 1.82) is 0 Å². The van der Waals surface area contributed by atoms with Crippen LogP contribution in [0.25, 0.3) is 0 Å². The molecule has 6 heteroatoms. The van der Waals surface area contributed by atoms with Crippen LogP contribution in [-0.4, -0.2) is 23.9 Å². The number of rotatable bonds is 4. The lowest BCUT2D eigenvalue weighted by Gasteiger charge is -2.19. The Kier molecular flexibility index (Phi) is 10.8. The van der Waals surface area contributed by atoms with E-state index in [-0.39, 0.29) is 10.8 Å². The van der Waals surface area contributed by atoms with E-state index in [1.807, 2.05) is 36.4 Å². The molecule has 0 aromatic heterocycles. The molecule has 228 valence electrons. The van der Waals surface area contributed by atoms with Gasteiger partial charge in [0.1, 0.15) is 0 Å². The molecule has 0 heterocycles. The van der Waals surface area contributed by atoms with Gasteiger partial charge in [0.05, 0.1) is 22.3 Å². The van der Waals surface area contributed by atoms with Gasteiger partial charge in [0.2, 0.25) is 0 Å². The van der Waals surface area contributed by atoms with Crippen molar-refractivity contribution in [3.8, 4) is 0 Å². The Balaban J connectivity index is 0.000000249. The first kappa shape index (κ1) is 33.7. The van der Waals surface area contributed by atoms with E-state index in [0.717, 1.165) is 22.3 Å². The van der Waals surface area contributed by atoms with Crippen molar-refractivity contribution >= 4 is 23.9 Å². The van der Waals surface area contributed by atoms with Gasteiger partial charge in [-0.25, -0.2) is 19.2 Å². The summed E-state index contributed by atoms with van der Waals surface area (Å²) in [4.78, 5) is 48.2. The number of hydrogen-bond acceptors (Lipinski definition) is 6. The van der Waals surface area contributed by atoms with Crippen LogP contribution < -0.4 is 0 Å². The van der Waals surface area contributed by atoms with Crippen molar-refractivity contribution in [2.75, 3.05) is 0 Å². The zero-order valence-corrected chi connectivity index (χ0v) is 26.7. The molecule has 0 atom stereocenters. The number of benzene rings is 4. The van der Waals surface area contributed by atoms with Crippen molar-refractivity contribution in [2.24, 2.45) is 0 Å². The van der Waals surface area contributed by atoms with Crippen LogP contribution in [0, 0.1) is 13.8 Å². The van der Waals surface area contributed by atoms with Crippen molar-refractivity contribution in [3.05, 3.63) is 142 Å². The summed E-state index contributed by atoms with van der Waals surface area (Å²) in [6.45, 7) is 16.2. The summed E-state index contributed by atoms with van der Waals surface area (Å²) in [5.74, 6) is -2.51. The van der Waals surface area contributed by atoms with E-state index in [4.69, 9.17) is 9.47 Å². The quantitative estimate of drug-likeness (QED) is 0.174. The number of carbonyl (C=O) groups is 4. The molecule has 0 radical (unpaired) electrons. The maximum absolute atomic E-state index is 12.2. The Morgan fingerprint density at radius 2 is 0.727 bits per heavy atom. The van der Waals surface area contributed by atoms with E-state index < -0.39 is 23.9 Å². The van der Waals surface area contributed by atoms with Gasteiger partial charge in [0.15, 0.2) is 0 Å². The molecule has 0 aliphatic rings. The normalized spacial score (nSPS) is 11.1. The number of hydrogen-bond donors (Lipinski definition) is 0. The molecule has 44 heavy (non-hydrogen) atoms. The Hall–Kier alpha value is -4.84. The van der Waals surface area contributed by atoms with Gasteiger partial charge in [-0.2, -0.15) is 0 Å². The third kappa shape index (κ3) is 9.08. The molecule has 0 aliphatic carbocycles. The lowest BCUT2D eigenvalue weighted by atomic mass is 9.87. The second kappa shape index (κ2) is 14.1. The molecule has 4 aromatic rings. The van der Waals surface area contributed by atoms with Gasteiger partial charge in [-0.05, 0) is 83.3 Å². The molecule has 0 amide bonds. The van der Waals surface area contributed by atoms with Crippen LogP contribution in [0.1, 0.15) is 105 Å². The smallest absolute Gasteiger partial charge is 0.346 e. The van der Waals surface area contributed by atoms with Crippen LogP contribution in [0.4, 0.5) is 0 Å². The summed E-state index contributed by atoms with van der Waals surface area (Å²) in [6, 6.07) is 28.3. The lowest BCUT2D eigenvalue weighted by Crippen LogP contribution is -2.15. The van der Waals surface area contributed by atoms with E-state index in [1.54, 1.807) is 74.5 Å². The molecule has 0 N–H and O–H groups in total. The Bertz CT molecular complexity index is 1510.